The van der Waals surface area contributed by atoms with Crippen molar-refractivity contribution < 1.29 is 14.3 Å². The molecular formula is C24H32ClN5O3. The number of aromatic nitrogens is 3. The lowest BCUT2D eigenvalue weighted by Crippen LogP contribution is -2.43. The summed E-state index contributed by atoms with van der Waals surface area (Å²) in [5.41, 5.74) is 2.45. The maximum atomic E-state index is 13.0. The number of alkyl carbamates (subject to hydrolysis) is 1. The molecule has 3 heterocycles. The topological polar surface area (TPSA) is 98.1 Å². The largest absolute Gasteiger partial charge is 0.444 e. The molecule has 0 saturated heterocycles. The Morgan fingerprint density at radius 1 is 1.15 bits per heavy atom. The van der Waals surface area contributed by atoms with Crippen molar-refractivity contribution in [3.8, 4) is 11.1 Å². The number of aryl methyl sites for hydroxylation is 1. The zero-order chi connectivity index (χ0) is 23.6. The molecular weight excluding hydrogens is 442 g/mol. The van der Waals surface area contributed by atoms with Crippen LogP contribution in [0.25, 0.3) is 11.1 Å². The second-order valence-corrected chi connectivity index (χ2v) is 10.3. The molecule has 2 aliphatic rings. The van der Waals surface area contributed by atoms with Gasteiger partial charge in [0.05, 0.1) is 11.2 Å². The number of anilines is 1. The molecule has 8 nitrogen and oxygen atoms in total. The van der Waals surface area contributed by atoms with Crippen LogP contribution in [-0.2, 0) is 22.5 Å². The first kappa shape index (κ1) is 23.5. The molecule has 2 aromatic rings. The minimum atomic E-state index is -0.553. The minimum absolute atomic E-state index is 0.0861. The van der Waals surface area contributed by atoms with E-state index in [-0.39, 0.29) is 17.9 Å². The highest BCUT2D eigenvalue weighted by Crippen LogP contribution is 2.34. The van der Waals surface area contributed by atoms with Crippen LogP contribution in [0.4, 0.5) is 10.6 Å². The molecule has 2 atom stereocenters. The lowest BCUT2D eigenvalue weighted by Gasteiger charge is -2.30. The van der Waals surface area contributed by atoms with Crippen LogP contribution in [-0.4, -0.2) is 38.4 Å². The Balaban J connectivity index is 1.42. The first-order valence-corrected chi connectivity index (χ1v) is 12.1. The summed E-state index contributed by atoms with van der Waals surface area (Å²) in [7, 11) is 0. The SMILES string of the molecule is CC(C)(C)OC(=O)N[C@H]1CCC[C@H](C(=O)Nc2cc(-c3cnn4c3CCCC4)c(Cl)cn2)C1. The lowest BCUT2D eigenvalue weighted by molar-refractivity contribution is -0.121. The molecule has 33 heavy (non-hydrogen) atoms. The first-order valence-electron chi connectivity index (χ1n) is 11.7. The molecule has 2 N–H and O–H groups in total. The predicted octanol–water partition coefficient (Wildman–Crippen LogP) is 4.96. The lowest BCUT2D eigenvalue weighted by atomic mass is 9.85. The average Bonchev–Trinajstić information content (AvgIpc) is 3.18. The van der Waals surface area contributed by atoms with Crippen molar-refractivity contribution in [1.82, 2.24) is 20.1 Å². The van der Waals surface area contributed by atoms with E-state index in [1.165, 1.54) is 5.69 Å². The van der Waals surface area contributed by atoms with E-state index in [4.69, 9.17) is 16.3 Å². The summed E-state index contributed by atoms with van der Waals surface area (Å²) in [6.07, 6.45) is 9.24. The van der Waals surface area contributed by atoms with Crippen LogP contribution in [0.5, 0.6) is 0 Å². The van der Waals surface area contributed by atoms with Crippen molar-refractivity contribution in [1.29, 1.82) is 0 Å². The summed E-state index contributed by atoms with van der Waals surface area (Å²) in [4.78, 5) is 29.4. The zero-order valence-electron chi connectivity index (χ0n) is 19.5. The quantitative estimate of drug-likeness (QED) is 0.654. The minimum Gasteiger partial charge on any atom is -0.444 e. The van der Waals surface area contributed by atoms with Crippen LogP contribution >= 0.6 is 11.6 Å². The summed E-state index contributed by atoms with van der Waals surface area (Å²) in [5, 5.41) is 10.9. The van der Waals surface area contributed by atoms with Gasteiger partial charge in [-0.2, -0.15) is 5.10 Å². The number of fused-ring (bicyclic) bond motifs is 1. The van der Waals surface area contributed by atoms with E-state index in [1.807, 2.05) is 37.7 Å². The van der Waals surface area contributed by atoms with Crippen LogP contribution in [0.3, 0.4) is 0 Å². The third-order valence-corrected chi connectivity index (χ3v) is 6.45. The number of nitrogens with zero attached hydrogens (tertiary/aromatic N) is 3. The second-order valence-electron chi connectivity index (χ2n) is 9.93. The third-order valence-electron chi connectivity index (χ3n) is 6.14. The molecule has 1 aliphatic carbocycles. The molecule has 1 fully saturated rings. The van der Waals surface area contributed by atoms with Gasteiger partial charge in [-0.05, 0) is 65.4 Å². The molecule has 0 unspecified atom stereocenters. The van der Waals surface area contributed by atoms with Crippen LogP contribution in [0.15, 0.2) is 18.5 Å². The second kappa shape index (κ2) is 9.71. The highest BCUT2D eigenvalue weighted by molar-refractivity contribution is 6.33. The molecule has 2 amide bonds. The maximum Gasteiger partial charge on any atom is 0.407 e. The zero-order valence-corrected chi connectivity index (χ0v) is 20.2. The maximum absolute atomic E-state index is 13.0. The molecule has 9 heteroatoms. The molecule has 178 valence electrons. The number of rotatable bonds is 4. The van der Waals surface area contributed by atoms with Crippen LogP contribution < -0.4 is 10.6 Å². The summed E-state index contributed by atoms with van der Waals surface area (Å²) < 4.78 is 7.39. The van der Waals surface area contributed by atoms with Crippen LogP contribution in [0.2, 0.25) is 5.02 Å². The summed E-state index contributed by atoms with van der Waals surface area (Å²) in [6.45, 7) is 6.41. The van der Waals surface area contributed by atoms with Crippen molar-refractivity contribution in [3.05, 3.63) is 29.2 Å². The Bertz CT molecular complexity index is 1030. The monoisotopic (exact) mass is 473 g/mol. The summed E-state index contributed by atoms with van der Waals surface area (Å²) in [5.74, 6) is 0.171. The van der Waals surface area contributed by atoms with Crippen molar-refractivity contribution >= 4 is 29.4 Å². The number of halogens is 1. The fourth-order valence-corrected chi connectivity index (χ4v) is 4.83. The van der Waals surface area contributed by atoms with Crippen LogP contribution in [0, 0.1) is 5.92 Å². The standard InChI is InChI=1S/C24H32ClN5O3/c1-24(2,3)33-23(32)28-16-8-6-7-15(11-16)22(31)29-21-12-17(19(25)14-26-21)18-13-27-30-10-5-4-9-20(18)30/h12-16H,4-11H2,1-3H3,(H,28,32)(H,26,29,31)/t15-,16-/m0/s1. The molecule has 2 aromatic heterocycles. The number of pyridine rings is 1. The van der Waals surface area contributed by atoms with Gasteiger partial charge >= 0.3 is 6.09 Å². The number of amides is 2. The fourth-order valence-electron chi connectivity index (χ4n) is 4.62. The normalized spacial score (nSPS) is 20.6. The van der Waals surface area contributed by atoms with Gasteiger partial charge in [-0.3, -0.25) is 9.48 Å². The number of carbonyl (C=O) groups is 2. The molecule has 0 spiro atoms. The van der Waals surface area contributed by atoms with E-state index in [2.05, 4.69) is 20.7 Å². The van der Waals surface area contributed by atoms with Gasteiger partial charge in [0.25, 0.3) is 0 Å². The van der Waals surface area contributed by atoms with Gasteiger partial charge in [-0.25, -0.2) is 9.78 Å². The number of hydrogen-bond donors (Lipinski definition) is 2. The highest BCUT2D eigenvalue weighted by Gasteiger charge is 2.30. The number of carbonyl (C=O) groups excluding carboxylic acids is 2. The number of hydrogen-bond acceptors (Lipinski definition) is 5. The van der Waals surface area contributed by atoms with E-state index < -0.39 is 11.7 Å². The van der Waals surface area contributed by atoms with Gasteiger partial charge in [0, 0.05) is 41.5 Å². The smallest absolute Gasteiger partial charge is 0.407 e. The molecule has 4 rings (SSSR count). The Kier molecular flexibility index (Phi) is 6.93. The van der Waals surface area contributed by atoms with E-state index in [0.717, 1.165) is 56.2 Å². The number of ether oxygens (including phenoxy) is 1. The van der Waals surface area contributed by atoms with Crippen molar-refractivity contribution in [3.63, 3.8) is 0 Å². The van der Waals surface area contributed by atoms with E-state index >= 15 is 0 Å². The van der Waals surface area contributed by atoms with Gasteiger partial charge in [-0.15, -0.1) is 0 Å². The van der Waals surface area contributed by atoms with Crippen LogP contribution in [0.1, 0.15) is 65.0 Å². The highest BCUT2D eigenvalue weighted by atomic mass is 35.5. The molecule has 1 aliphatic heterocycles. The molecule has 1 saturated carbocycles. The number of nitrogens with one attached hydrogen (secondary N) is 2. The Morgan fingerprint density at radius 3 is 2.76 bits per heavy atom. The third kappa shape index (κ3) is 5.85. The molecule has 0 radical (unpaired) electrons. The van der Waals surface area contributed by atoms with Gasteiger partial charge in [0.1, 0.15) is 11.4 Å². The summed E-state index contributed by atoms with van der Waals surface area (Å²) in [6, 6.07) is 1.74. The predicted molar refractivity (Wildman–Crippen MR) is 127 cm³/mol. The molecule has 0 bridgehead atoms. The van der Waals surface area contributed by atoms with Crippen molar-refractivity contribution in [2.24, 2.45) is 5.92 Å². The Labute approximate surface area is 199 Å². The van der Waals surface area contributed by atoms with Gasteiger partial charge < -0.3 is 15.4 Å². The van der Waals surface area contributed by atoms with E-state index in [9.17, 15) is 9.59 Å². The average molecular weight is 474 g/mol. The first-order chi connectivity index (χ1) is 15.7. The molecule has 0 aromatic carbocycles. The Hall–Kier alpha value is -2.61. The van der Waals surface area contributed by atoms with Gasteiger partial charge in [0.2, 0.25) is 5.91 Å². The van der Waals surface area contributed by atoms with Crippen molar-refractivity contribution in [2.75, 3.05) is 5.32 Å². The Morgan fingerprint density at radius 2 is 1.97 bits per heavy atom. The van der Waals surface area contributed by atoms with Gasteiger partial charge in [-0.1, -0.05) is 18.0 Å². The van der Waals surface area contributed by atoms with E-state index in [1.54, 1.807) is 6.20 Å². The fraction of sp³-hybridized carbons (Fsp3) is 0.583. The van der Waals surface area contributed by atoms with E-state index in [0.29, 0.717) is 17.3 Å². The van der Waals surface area contributed by atoms with Crippen molar-refractivity contribution in [2.45, 2.75) is 83.9 Å². The summed E-state index contributed by atoms with van der Waals surface area (Å²) >= 11 is 6.46. The van der Waals surface area contributed by atoms with Gasteiger partial charge in [0.15, 0.2) is 0 Å².